The summed E-state index contributed by atoms with van der Waals surface area (Å²) in [5.74, 6) is 1.05. The van der Waals surface area contributed by atoms with E-state index in [0.29, 0.717) is 17.6 Å². The van der Waals surface area contributed by atoms with E-state index in [2.05, 4.69) is 46.4 Å². The molecular formula is C18H28N4OS. The summed E-state index contributed by atoms with van der Waals surface area (Å²) >= 11 is 1.85. The largest absolute Gasteiger partial charge is 0.370 e. The van der Waals surface area contributed by atoms with Crippen molar-refractivity contribution in [3.05, 3.63) is 30.3 Å². The van der Waals surface area contributed by atoms with Crippen molar-refractivity contribution in [2.24, 2.45) is 16.6 Å². The first-order valence-corrected chi connectivity index (χ1v) is 9.42. The Balaban J connectivity index is 1.82. The molecule has 1 aliphatic heterocycles. The van der Waals surface area contributed by atoms with Crippen LogP contribution >= 0.6 is 11.8 Å². The molecule has 0 saturated carbocycles. The van der Waals surface area contributed by atoms with Crippen molar-refractivity contribution in [2.75, 3.05) is 26.7 Å². The van der Waals surface area contributed by atoms with Gasteiger partial charge in [0, 0.05) is 43.2 Å². The molecule has 1 aromatic rings. The Morgan fingerprint density at radius 2 is 2.21 bits per heavy atom. The van der Waals surface area contributed by atoms with Gasteiger partial charge < -0.3 is 16.0 Å². The van der Waals surface area contributed by atoms with Gasteiger partial charge in [-0.3, -0.25) is 9.79 Å². The molecule has 24 heavy (non-hydrogen) atoms. The van der Waals surface area contributed by atoms with Gasteiger partial charge in [0.05, 0.1) is 0 Å². The molecule has 1 fully saturated rings. The van der Waals surface area contributed by atoms with Crippen LogP contribution in [-0.2, 0) is 4.79 Å². The lowest BCUT2D eigenvalue weighted by Gasteiger charge is -2.35. The van der Waals surface area contributed by atoms with Gasteiger partial charge in [-0.05, 0) is 30.9 Å². The fourth-order valence-corrected chi connectivity index (χ4v) is 3.99. The van der Waals surface area contributed by atoms with Gasteiger partial charge in [-0.2, -0.15) is 0 Å². The molecule has 2 rings (SSSR count). The first kappa shape index (κ1) is 18.6. The van der Waals surface area contributed by atoms with Gasteiger partial charge in [0.25, 0.3) is 0 Å². The maximum absolute atomic E-state index is 11.2. The average Bonchev–Trinajstić information content (AvgIpc) is 2.56. The van der Waals surface area contributed by atoms with E-state index in [1.165, 1.54) is 4.90 Å². The van der Waals surface area contributed by atoms with Crippen LogP contribution in [0.25, 0.3) is 0 Å². The van der Waals surface area contributed by atoms with E-state index in [-0.39, 0.29) is 5.91 Å². The number of nitrogens with two attached hydrogens (primary N) is 1. The second-order valence-corrected chi connectivity index (χ2v) is 7.81. The summed E-state index contributed by atoms with van der Waals surface area (Å²) in [5, 5.41) is 3.91. The number of guanidine groups is 1. The van der Waals surface area contributed by atoms with Crippen LogP contribution in [0.5, 0.6) is 0 Å². The fourth-order valence-electron chi connectivity index (χ4n) is 3.05. The normalized spacial score (nSPS) is 19.8. The highest BCUT2D eigenvalue weighted by Gasteiger charge is 2.23. The van der Waals surface area contributed by atoms with E-state index in [9.17, 15) is 4.79 Å². The molecule has 1 saturated heterocycles. The van der Waals surface area contributed by atoms with Crippen LogP contribution < -0.4 is 11.1 Å². The minimum Gasteiger partial charge on any atom is -0.370 e. The molecule has 0 aromatic heterocycles. The van der Waals surface area contributed by atoms with Crippen molar-refractivity contribution in [1.82, 2.24) is 10.2 Å². The van der Waals surface area contributed by atoms with Crippen LogP contribution in [0.1, 0.15) is 26.2 Å². The number of hydrogen-bond donors (Lipinski definition) is 2. The number of piperidine rings is 1. The standard InChI is InChI=1S/C18H28N4OS/c1-14(24-16-8-4-3-5-9-16)12-21-18(20-2)22-10-6-7-15(13-22)11-17(19)23/h3-5,8-9,14-15H,6-7,10-13H2,1-2H3,(H2,19,23)(H,20,21). The molecule has 1 amide bonds. The SMILES string of the molecule is CN=C(NCC(C)Sc1ccccc1)N1CCCC(CC(N)=O)C1. The van der Waals surface area contributed by atoms with Crippen LogP contribution in [0.2, 0.25) is 0 Å². The van der Waals surface area contributed by atoms with Gasteiger partial charge in [-0.25, -0.2) is 0 Å². The molecule has 5 nitrogen and oxygen atoms in total. The van der Waals surface area contributed by atoms with Crippen molar-refractivity contribution >= 4 is 23.6 Å². The Morgan fingerprint density at radius 1 is 1.46 bits per heavy atom. The number of nitrogens with zero attached hydrogens (tertiary/aromatic N) is 2. The van der Waals surface area contributed by atoms with Crippen LogP contribution in [0, 0.1) is 5.92 Å². The lowest BCUT2D eigenvalue weighted by atomic mass is 9.95. The average molecular weight is 349 g/mol. The number of carbonyl (C=O) groups excluding carboxylic acids is 1. The molecule has 3 N–H and O–H groups in total. The molecule has 6 heteroatoms. The molecule has 1 heterocycles. The van der Waals surface area contributed by atoms with Gasteiger partial charge in [0.1, 0.15) is 0 Å². The van der Waals surface area contributed by atoms with E-state index >= 15 is 0 Å². The zero-order valence-corrected chi connectivity index (χ0v) is 15.4. The lowest BCUT2D eigenvalue weighted by Crippen LogP contribution is -2.48. The highest BCUT2D eigenvalue weighted by Crippen LogP contribution is 2.22. The van der Waals surface area contributed by atoms with Crippen LogP contribution in [0.4, 0.5) is 0 Å². The number of hydrogen-bond acceptors (Lipinski definition) is 3. The smallest absolute Gasteiger partial charge is 0.217 e. The number of carbonyl (C=O) groups is 1. The van der Waals surface area contributed by atoms with Crippen LogP contribution in [0.15, 0.2) is 40.2 Å². The molecule has 0 spiro atoms. The summed E-state index contributed by atoms with van der Waals surface area (Å²) in [6.07, 6.45) is 2.61. The van der Waals surface area contributed by atoms with Crippen molar-refractivity contribution in [3.63, 3.8) is 0 Å². The fraction of sp³-hybridized carbons (Fsp3) is 0.556. The van der Waals surface area contributed by atoms with E-state index < -0.39 is 0 Å². The topological polar surface area (TPSA) is 70.7 Å². The predicted octanol–water partition coefficient (Wildman–Crippen LogP) is 2.33. The Bertz CT molecular complexity index is 549. The maximum atomic E-state index is 11.2. The number of likely N-dealkylation sites (tertiary alicyclic amines) is 1. The molecule has 2 atom stereocenters. The summed E-state index contributed by atoms with van der Waals surface area (Å²) < 4.78 is 0. The first-order valence-electron chi connectivity index (χ1n) is 8.54. The highest BCUT2D eigenvalue weighted by atomic mass is 32.2. The summed E-state index contributed by atoms with van der Waals surface area (Å²) in [4.78, 5) is 19.1. The Labute approximate surface area is 149 Å². The van der Waals surface area contributed by atoms with E-state index in [1.54, 1.807) is 0 Å². The molecule has 132 valence electrons. The van der Waals surface area contributed by atoms with Crippen LogP contribution in [0.3, 0.4) is 0 Å². The zero-order chi connectivity index (χ0) is 17.4. The van der Waals surface area contributed by atoms with Gasteiger partial charge >= 0.3 is 0 Å². The third kappa shape index (κ3) is 6.07. The van der Waals surface area contributed by atoms with Crippen LogP contribution in [-0.4, -0.2) is 48.7 Å². The predicted molar refractivity (Wildman–Crippen MR) is 101 cm³/mol. The number of aliphatic imine (C=N–C) groups is 1. The summed E-state index contributed by atoms with van der Waals surface area (Å²) in [6.45, 7) is 4.89. The van der Waals surface area contributed by atoms with Crippen molar-refractivity contribution in [3.8, 4) is 0 Å². The highest BCUT2D eigenvalue weighted by molar-refractivity contribution is 8.00. The first-order chi connectivity index (χ1) is 11.6. The van der Waals surface area contributed by atoms with Crippen molar-refractivity contribution < 1.29 is 4.79 Å². The third-order valence-electron chi connectivity index (χ3n) is 4.15. The number of rotatable bonds is 6. The lowest BCUT2D eigenvalue weighted by molar-refractivity contribution is -0.119. The summed E-state index contributed by atoms with van der Waals surface area (Å²) in [6, 6.07) is 10.4. The molecule has 0 aliphatic carbocycles. The Kier molecular flexibility index (Phi) is 7.43. The Hall–Kier alpha value is -1.69. The zero-order valence-electron chi connectivity index (χ0n) is 14.6. The number of primary amides is 1. The van der Waals surface area contributed by atoms with Gasteiger partial charge in [-0.1, -0.05) is 25.1 Å². The van der Waals surface area contributed by atoms with Crippen molar-refractivity contribution in [1.29, 1.82) is 0 Å². The molecular weight excluding hydrogens is 320 g/mol. The minimum absolute atomic E-state index is 0.210. The van der Waals surface area contributed by atoms with E-state index in [1.807, 2.05) is 24.9 Å². The molecule has 1 aliphatic rings. The maximum Gasteiger partial charge on any atom is 0.217 e. The van der Waals surface area contributed by atoms with Gasteiger partial charge in [0.15, 0.2) is 5.96 Å². The van der Waals surface area contributed by atoms with E-state index in [4.69, 9.17) is 5.73 Å². The summed E-state index contributed by atoms with van der Waals surface area (Å²) in [7, 11) is 1.81. The van der Waals surface area contributed by atoms with Gasteiger partial charge in [0.2, 0.25) is 5.91 Å². The van der Waals surface area contributed by atoms with Gasteiger partial charge in [-0.15, -0.1) is 11.8 Å². The minimum atomic E-state index is -0.210. The third-order valence-corrected chi connectivity index (χ3v) is 5.26. The quantitative estimate of drug-likeness (QED) is 0.470. The number of benzene rings is 1. The molecule has 0 bridgehead atoms. The monoisotopic (exact) mass is 348 g/mol. The second kappa shape index (κ2) is 9.57. The number of thioether (sulfide) groups is 1. The number of amides is 1. The van der Waals surface area contributed by atoms with Crippen molar-refractivity contribution in [2.45, 2.75) is 36.3 Å². The summed E-state index contributed by atoms with van der Waals surface area (Å²) in [5.41, 5.74) is 5.34. The van der Waals surface area contributed by atoms with E-state index in [0.717, 1.165) is 38.4 Å². The molecule has 0 radical (unpaired) electrons. The number of nitrogens with one attached hydrogen (secondary N) is 1. The second-order valence-electron chi connectivity index (χ2n) is 6.29. The molecule has 1 aromatic carbocycles. The Morgan fingerprint density at radius 3 is 2.88 bits per heavy atom. The molecule has 2 unspecified atom stereocenters.